The van der Waals surface area contributed by atoms with Crippen LogP contribution in [0.15, 0.2) is 43.7 Å². The summed E-state index contributed by atoms with van der Waals surface area (Å²) in [5.74, 6) is -0.668. The zero-order valence-corrected chi connectivity index (χ0v) is 13.6. The van der Waals surface area contributed by atoms with Gasteiger partial charge in [0.2, 0.25) is 0 Å². The van der Waals surface area contributed by atoms with Crippen LogP contribution in [0.4, 0.5) is 0 Å². The van der Waals surface area contributed by atoms with E-state index in [0.29, 0.717) is 25.4 Å². The van der Waals surface area contributed by atoms with Gasteiger partial charge in [0.15, 0.2) is 0 Å². The van der Waals surface area contributed by atoms with Crippen molar-refractivity contribution < 1.29 is 23.8 Å². The summed E-state index contributed by atoms with van der Waals surface area (Å²) in [6.07, 6.45) is 3.29. The highest BCUT2D eigenvalue weighted by atomic mass is 16.6. The molecule has 1 heterocycles. The lowest BCUT2D eigenvalue weighted by Crippen LogP contribution is -2.09. The first kappa shape index (κ1) is 22.2. The van der Waals surface area contributed by atoms with Crippen molar-refractivity contribution in [2.24, 2.45) is 0 Å². The molecule has 22 heavy (non-hydrogen) atoms. The van der Waals surface area contributed by atoms with E-state index in [9.17, 15) is 9.59 Å². The van der Waals surface area contributed by atoms with E-state index in [-0.39, 0.29) is 18.0 Å². The van der Waals surface area contributed by atoms with Crippen LogP contribution in [-0.2, 0) is 23.8 Å². The molecule has 0 bridgehead atoms. The minimum Gasteiger partial charge on any atom is -0.463 e. The molecule has 0 radical (unpaired) electrons. The molecule has 5 heteroatoms. The van der Waals surface area contributed by atoms with Gasteiger partial charge in [-0.25, -0.2) is 9.59 Å². The number of unbranched alkanes of at least 4 members (excludes halogenated alkanes) is 1. The molecule has 0 aromatic heterocycles. The average Bonchev–Trinajstić information content (AvgIpc) is 3.30. The number of hydrogen-bond acceptors (Lipinski definition) is 5. The van der Waals surface area contributed by atoms with Gasteiger partial charge in [0.25, 0.3) is 0 Å². The van der Waals surface area contributed by atoms with E-state index >= 15 is 0 Å². The maximum atomic E-state index is 10.7. The summed E-state index contributed by atoms with van der Waals surface area (Å²) in [4.78, 5) is 21.0. The van der Waals surface area contributed by atoms with Gasteiger partial charge < -0.3 is 14.2 Å². The quantitative estimate of drug-likeness (QED) is 0.238. The fourth-order valence-electron chi connectivity index (χ4n) is 0.832. The van der Waals surface area contributed by atoms with Crippen LogP contribution in [0.5, 0.6) is 0 Å². The fourth-order valence-corrected chi connectivity index (χ4v) is 0.832. The summed E-state index contributed by atoms with van der Waals surface area (Å²) in [5.41, 5.74) is 2.68. The zero-order valence-electron chi connectivity index (χ0n) is 13.6. The number of ether oxygens (including phenoxy) is 3. The van der Waals surface area contributed by atoms with Crippen LogP contribution >= 0.6 is 0 Å². The van der Waals surface area contributed by atoms with Crippen LogP contribution in [0.1, 0.15) is 26.7 Å². The first-order chi connectivity index (χ1) is 10.4. The van der Waals surface area contributed by atoms with Gasteiger partial charge in [-0.05, 0) is 13.3 Å². The SMILES string of the molecule is C=C(C)C(=O)OCC1CO1.C=C=C.C=CC(=O)OCCCC. The lowest BCUT2D eigenvalue weighted by molar-refractivity contribution is -0.139. The third-order valence-corrected chi connectivity index (χ3v) is 2.06. The fraction of sp³-hybridized carbons (Fsp3) is 0.471. The number of carbonyl (C=O) groups excluding carboxylic acids is 2. The molecule has 1 aliphatic heterocycles. The van der Waals surface area contributed by atoms with Crippen LogP contribution in [0.25, 0.3) is 0 Å². The number of rotatable bonds is 7. The van der Waals surface area contributed by atoms with Gasteiger partial charge in [-0.3, -0.25) is 0 Å². The van der Waals surface area contributed by atoms with Crippen molar-refractivity contribution in [3.05, 3.63) is 43.7 Å². The first-order valence-corrected chi connectivity index (χ1v) is 6.95. The van der Waals surface area contributed by atoms with E-state index in [1.165, 1.54) is 6.08 Å². The molecule has 0 spiro atoms. The average molecular weight is 310 g/mol. The number of hydrogen-bond donors (Lipinski definition) is 0. The van der Waals surface area contributed by atoms with Gasteiger partial charge in [0.05, 0.1) is 13.2 Å². The second kappa shape index (κ2) is 15.3. The molecule has 0 saturated carbocycles. The topological polar surface area (TPSA) is 65.1 Å². The maximum Gasteiger partial charge on any atom is 0.333 e. The van der Waals surface area contributed by atoms with Crippen molar-refractivity contribution in [3.63, 3.8) is 0 Å². The predicted molar refractivity (Wildman–Crippen MR) is 86.3 cm³/mol. The van der Waals surface area contributed by atoms with Gasteiger partial charge in [-0.1, -0.05) is 39.7 Å². The summed E-state index contributed by atoms with van der Waals surface area (Å²) >= 11 is 0. The van der Waals surface area contributed by atoms with Crippen LogP contribution in [0.3, 0.4) is 0 Å². The molecule has 1 saturated heterocycles. The van der Waals surface area contributed by atoms with Crippen LogP contribution in [0, 0.1) is 0 Å². The summed E-state index contributed by atoms with van der Waals surface area (Å²) in [6, 6.07) is 0. The molecule has 1 aliphatic rings. The molecule has 0 N–H and O–H groups in total. The van der Waals surface area contributed by atoms with Gasteiger partial charge in [0, 0.05) is 11.6 Å². The second-order valence-corrected chi connectivity index (χ2v) is 4.31. The molecule has 0 aliphatic carbocycles. The summed E-state index contributed by atoms with van der Waals surface area (Å²) in [7, 11) is 0. The molecule has 1 fully saturated rings. The van der Waals surface area contributed by atoms with Crippen molar-refractivity contribution in [1.29, 1.82) is 0 Å². The van der Waals surface area contributed by atoms with Crippen molar-refractivity contribution in [2.75, 3.05) is 19.8 Å². The Bertz CT molecular complexity index is 388. The monoisotopic (exact) mass is 310 g/mol. The molecule has 1 unspecified atom stereocenters. The predicted octanol–water partition coefficient (Wildman–Crippen LogP) is 2.98. The van der Waals surface area contributed by atoms with Gasteiger partial charge >= 0.3 is 11.9 Å². The standard InChI is InChI=1S/C7H10O3.C7H12O2.C3H4/c1-5(2)7(8)10-4-6-3-9-6;1-3-5-6-9-7(8)4-2;1-3-2/h6H,1,3-4H2,2H3;4H,2-3,5-6H2,1H3;1-2H2. The second-order valence-electron chi connectivity index (χ2n) is 4.31. The zero-order chi connectivity index (χ0) is 17.4. The highest BCUT2D eigenvalue weighted by Crippen LogP contribution is 2.09. The Labute approximate surface area is 132 Å². The van der Waals surface area contributed by atoms with Crippen LogP contribution in [-0.4, -0.2) is 37.9 Å². The Morgan fingerprint density at radius 2 is 1.91 bits per heavy atom. The molecular weight excluding hydrogens is 284 g/mol. The van der Waals surface area contributed by atoms with Gasteiger partial charge in [0.1, 0.15) is 12.7 Å². The van der Waals surface area contributed by atoms with E-state index in [2.05, 4.69) is 36.8 Å². The van der Waals surface area contributed by atoms with E-state index in [4.69, 9.17) is 9.47 Å². The number of esters is 2. The van der Waals surface area contributed by atoms with E-state index in [0.717, 1.165) is 12.8 Å². The molecule has 124 valence electrons. The van der Waals surface area contributed by atoms with E-state index in [1.54, 1.807) is 6.92 Å². The molecule has 5 nitrogen and oxygen atoms in total. The lowest BCUT2D eigenvalue weighted by Gasteiger charge is -1.99. The molecular formula is C17H26O5. The molecule has 0 amide bonds. The molecule has 1 atom stereocenters. The molecule has 1 rings (SSSR count). The highest BCUT2D eigenvalue weighted by molar-refractivity contribution is 5.86. The van der Waals surface area contributed by atoms with Gasteiger partial charge in [-0.2, -0.15) is 0 Å². The van der Waals surface area contributed by atoms with Crippen molar-refractivity contribution >= 4 is 11.9 Å². The summed E-state index contributed by atoms with van der Waals surface area (Å²) < 4.78 is 14.3. The normalized spacial score (nSPS) is 13.8. The first-order valence-electron chi connectivity index (χ1n) is 6.95. The number of carbonyl (C=O) groups is 2. The third-order valence-electron chi connectivity index (χ3n) is 2.06. The Kier molecular flexibility index (Phi) is 15.4. The van der Waals surface area contributed by atoms with Crippen LogP contribution in [0.2, 0.25) is 0 Å². The third kappa shape index (κ3) is 17.9. The van der Waals surface area contributed by atoms with E-state index < -0.39 is 0 Å². The Morgan fingerprint density at radius 1 is 1.36 bits per heavy atom. The van der Waals surface area contributed by atoms with Crippen molar-refractivity contribution in [3.8, 4) is 0 Å². The smallest absolute Gasteiger partial charge is 0.333 e. The Morgan fingerprint density at radius 3 is 2.27 bits per heavy atom. The van der Waals surface area contributed by atoms with Gasteiger partial charge in [-0.15, -0.1) is 5.73 Å². The van der Waals surface area contributed by atoms with Crippen molar-refractivity contribution in [1.82, 2.24) is 0 Å². The Hall–Kier alpha value is -2.10. The lowest BCUT2D eigenvalue weighted by atomic mass is 10.4. The van der Waals surface area contributed by atoms with Crippen molar-refractivity contribution in [2.45, 2.75) is 32.8 Å². The van der Waals surface area contributed by atoms with Crippen LogP contribution < -0.4 is 0 Å². The maximum absolute atomic E-state index is 10.7. The Balaban J connectivity index is 0. The summed E-state index contributed by atoms with van der Waals surface area (Å²) in [5, 5.41) is 0. The minimum absolute atomic E-state index is 0.142. The highest BCUT2D eigenvalue weighted by Gasteiger charge is 2.24. The molecule has 0 aromatic carbocycles. The summed E-state index contributed by atoms with van der Waals surface area (Å²) in [6.45, 7) is 18.2. The molecule has 0 aromatic rings. The largest absolute Gasteiger partial charge is 0.463 e. The minimum atomic E-state index is -0.337. The van der Waals surface area contributed by atoms with E-state index in [1.807, 2.05) is 6.92 Å². The number of epoxide rings is 1.